The number of piperidine rings is 1. The molecule has 2 amide bonds. The summed E-state index contributed by atoms with van der Waals surface area (Å²) in [5.41, 5.74) is 5.95. The van der Waals surface area contributed by atoms with Gasteiger partial charge >= 0.3 is 5.63 Å². The number of hydrogen-bond donors (Lipinski definition) is 1. The lowest BCUT2D eigenvalue weighted by atomic mass is 9.97. The van der Waals surface area contributed by atoms with E-state index in [1.54, 1.807) is 17.9 Å². The van der Waals surface area contributed by atoms with Crippen LogP contribution in [0.1, 0.15) is 18.4 Å². The first-order valence-corrected chi connectivity index (χ1v) is 8.67. The third-order valence-corrected chi connectivity index (χ3v) is 4.83. The Labute approximate surface area is 154 Å². The highest BCUT2D eigenvalue weighted by Gasteiger charge is 2.27. The maximum absolute atomic E-state index is 12.4. The Morgan fingerprint density at radius 1 is 1.38 bits per heavy atom. The SMILES string of the molecule is Cc1cc(=O)oc2cc(OCC(=O)N3CCCC(C(N)=O)C3)c(Cl)cc12. The lowest BCUT2D eigenvalue weighted by Gasteiger charge is -2.31. The fraction of sp³-hybridized carbons (Fsp3) is 0.389. The standard InChI is InChI=1S/C18H19ClN2O5/c1-10-5-17(23)26-14-7-15(13(19)6-12(10)14)25-9-16(22)21-4-2-3-11(8-21)18(20)24/h5-7,11H,2-4,8-9H2,1H3,(H2,20,24). The van der Waals surface area contributed by atoms with Gasteiger partial charge in [0.25, 0.3) is 5.91 Å². The molecule has 0 radical (unpaired) electrons. The lowest BCUT2D eigenvalue weighted by molar-refractivity contribution is -0.136. The number of nitrogens with zero attached hydrogens (tertiary/aromatic N) is 1. The van der Waals surface area contributed by atoms with E-state index in [9.17, 15) is 14.4 Å². The Morgan fingerprint density at radius 3 is 2.88 bits per heavy atom. The van der Waals surface area contributed by atoms with Gasteiger partial charge in [0, 0.05) is 30.6 Å². The molecule has 1 unspecified atom stereocenters. The van der Waals surface area contributed by atoms with Gasteiger partial charge in [0.05, 0.1) is 10.9 Å². The molecule has 1 aliphatic heterocycles. The van der Waals surface area contributed by atoms with Crippen LogP contribution in [-0.4, -0.2) is 36.4 Å². The zero-order valence-electron chi connectivity index (χ0n) is 14.3. The summed E-state index contributed by atoms with van der Waals surface area (Å²) >= 11 is 6.22. The molecule has 1 aromatic carbocycles. The van der Waals surface area contributed by atoms with Gasteiger partial charge in [-0.2, -0.15) is 0 Å². The van der Waals surface area contributed by atoms with E-state index in [4.69, 9.17) is 26.5 Å². The third-order valence-electron chi connectivity index (χ3n) is 4.53. The van der Waals surface area contributed by atoms with Gasteiger partial charge in [-0.25, -0.2) is 4.79 Å². The first-order chi connectivity index (χ1) is 12.3. The Hall–Kier alpha value is -2.54. The number of aryl methyl sites for hydroxylation is 1. The highest BCUT2D eigenvalue weighted by Crippen LogP contribution is 2.31. The summed E-state index contributed by atoms with van der Waals surface area (Å²) in [6.07, 6.45) is 1.41. The van der Waals surface area contributed by atoms with Crippen LogP contribution in [0, 0.1) is 12.8 Å². The number of carbonyl (C=O) groups is 2. The third kappa shape index (κ3) is 3.83. The molecule has 8 heteroatoms. The zero-order valence-corrected chi connectivity index (χ0v) is 15.0. The molecule has 1 saturated heterocycles. The molecular weight excluding hydrogens is 360 g/mol. The average Bonchev–Trinajstić information content (AvgIpc) is 2.60. The summed E-state index contributed by atoms with van der Waals surface area (Å²) in [4.78, 5) is 36.8. The van der Waals surface area contributed by atoms with Crippen molar-refractivity contribution in [2.24, 2.45) is 11.7 Å². The molecule has 2 heterocycles. The minimum Gasteiger partial charge on any atom is -0.482 e. The molecular formula is C18H19ClN2O5. The van der Waals surface area contributed by atoms with Crippen molar-refractivity contribution in [1.29, 1.82) is 0 Å². The predicted molar refractivity (Wildman–Crippen MR) is 96.2 cm³/mol. The Bertz CT molecular complexity index is 924. The van der Waals surface area contributed by atoms with Crippen molar-refractivity contribution in [3.8, 4) is 5.75 Å². The normalized spacial score (nSPS) is 17.3. The summed E-state index contributed by atoms with van der Waals surface area (Å²) in [5.74, 6) is -0.719. The maximum Gasteiger partial charge on any atom is 0.336 e. The van der Waals surface area contributed by atoms with E-state index in [1.807, 2.05) is 0 Å². The number of halogens is 1. The molecule has 1 aliphatic rings. The van der Waals surface area contributed by atoms with E-state index in [2.05, 4.69) is 0 Å². The van der Waals surface area contributed by atoms with Crippen molar-refractivity contribution in [3.05, 3.63) is 39.2 Å². The number of rotatable bonds is 4. The van der Waals surface area contributed by atoms with E-state index in [0.29, 0.717) is 35.5 Å². The quantitative estimate of drug-likeness (QED) is 0.818. The largest absolute Gasteiger partial charge is 0.482 e. The second-order valence-corrected chi connectivity index (χ2v) is 6.80. The molecule has 7 nitrogen and oxygen atoms in total. The highest BCUT2D eigenvalue weighted by atomic mass is 35.5. The van der Waals surface area contributed by atoms with Crippen LogP contribution >= 0.6 is 11.6 Å². The summed E-state index contributed by atoms with van der Waals surface area (Å²) in [6.45, 7) is 2.42. The molecule has 0 aliphatic carbocycles. The molecule has 0 spiro atoms. The van der Waals surface area contributed by atoms with Gasteiger partial charge in [-0.15, -0.1) is 0 Å². The van der Waals surface area contributed by atoms with Crippen LogP contribution in [0.5, 0.6) is 5.75 Å². The molecule has 1 fully saturated rings. The van der Waals surface area contributed by atoms with Crippen molar-refractivity contribution >= 4 is 34.4 Å². The number of benzene rings is 1. The fourth-order valence-corrected chi connectivity index (χ4v) is 3.32. The number of ether oxygens (including phenoxy) is 1. The topological polar surface area (TPSA) is 103 Å². The van der Waals surface area contributed by atoms with Crippen molar-refractivity contribution in [2.75, 3.05) is 19.7 Å². The molecule has 2 aromatic rings. The van der Waals surface area contributed by atoms with Gasteiger partial charge in [0.15, 0.2) is 6.61 Å². The van der Waals surface area contributed by atoms with E-state index in [0.717, 1.165) is 12.0 Å². The summed E-state index contributed by atoms with van der Waals surface area (Å²) < 4.78 is 10.7. The van der Waals surface area contributed by atoms with Gasteiger partial charge in [0.1, 0.15) is 11.3 Å². The van der Waals surface area contributed by atoms with Crippen LogP contribution in [-0.2, 0) is 9.59 Å². The summed E-state index contributed by atoms with van der Waals surface area (Å²) in [5, 5.41) is 1.02. The average molecular weight is 379 g/mol. The molecule has 26 heavy (non-hydrogen) atoms. The van der Waals surface area contributed by atoms with Crippen LogP contribution < -0.4 is 16.1 Å². The molecule has 138 valence electrons. The number of likely N-dealkylation sites (tertiary alicyclic amines) is 1. The Kier molecular flexibility index (Phi) is 5.18. The van der Waals surface area contributed by atoms with Crippen LogP contribution in [0.2, 0.25) is 5.02 Å². The number of nitrogens with two attached hydrogens (primary N) is 1. The Morgan fingerprint density at radius 2 is 2.15 bits per heavy atom. The minimum atomic E-state index is -0.467. The molecule has 2 N–H and O–H groups in total. The zero-order chi connectivity index (χ0) is 18.8. The smallest absolute Gasteiger partial charge is 0.336 e. The van der Waals surface area contributed by atoms with Gasteiger partial charge in [-0.1, -0.05) is 11.6 Å². The highest BCUT2D eigenvalue weighted by molar-refractivity contribution is 6.32. The number of primary amides is 1. The Balaban J connectivity index is 1.73. The van der Waals surface area contributed by atoms with Crippen molar-refractivity contribution in [1.82, 2.24) is 4.90 Å². The van der Waals surface area contributed by atoms with E-state index in [1.165, 1.54) is 12.1 Å². The van der Waals surface area contributed by atoms with Gasteiger partial charge in [0.2, 0.25) is 5.91 Å². The van der Waals surface area contributed by atoms with Gasteiger partial charge in [-0.3, -0.25) is 9.59 Å². The lowest BCUT2D eigenvalue weighted by Crippen LogP contribution is -2.45. The van der Waals surface area contributed by atoms with Crippen molar-refractivity contribution < 1.29 is 18.7 Å². The fourth-order valence-electron chi connectivity index (χ4n) is 3.10. The molecule has 0 saturated carbocycles. The number of hydrogen-bond acceptors (Lipinski definition) is 5. The van der Waals surface area contributed by atoms with Crippen LogP contribution in [0.25, 0.3) is 11.0 Å². The van der Waals surface area contributed by atoms with Gasteiger partial charge < -0.3 is 19.8 Å². The van der Waals surface area contributed by atoms with Crippen LogP contribution in [0.4, 0.5) is 0 Å². The van der Waals surface area contributed by atoms with Crippen LogP contribution in [0.15, 0.2) is 27.4 Å². The monoisotopic (exact) mass is 378 g/mol. The number of fused-ring (bicyclic) bond motifs is 1. The summed E-state index contributed by atoms with van der Waals surface area (Å²) in [6, 6.07) is 4.52. The molecule has 0 bridgehead atoms. The van der Waals surface area contributed by atoms with Gasteiger partial charge in [-0.05, 0) is 31.4 Å². The first kappa shape index (κ1) is 18.3. The predicted octanol–water partition coefficient (Wildman–Crippen LogP) is 1.86. The van der Waals surface area contributed by atoms with E-state index >= 15 is 0 Å². The van der Waals surface area contributed by atoms with E-state index < -0.39 is 11.5 Å². The second kappa shape index (κ2) is 7.37. The number of amides is 2. The maximum atomic E-state index is 12.4. The van der Waals surface area contributed by atoms with Crippen molar-refractivity contribution in [3.63, 3.8) is 0 Å². The summed E-state index contributed by atoms with van der Waals surface area (Å²) in [7, 11) is 0. The molecule has 1 atom stereocenters. The first-order valence-electron chi connectivity index (χ1n) is 8.29. The number of carbonyl (C=O) groups excluding carboxylic acids is 2. The molecule has 1 aromatic heterocycles. The second-order valence-electron chi connectivity index (χ2n) is 6.40. The minimum absolute atomic E-state index is 0.229. The molecule has 3 rings (SSSR count). The van der Waals surface area contributed by atoms with Crippen molar-refractivity contribution in [2.45, 2.75) is 19.8 Å². The van der Waals surface area contributed by atoms with E-state index in [-0.39, 0.29) is 24.2 Å². The van der Waals surface area contributed by atoms with Crippen LogP contribution in [0.3, 0.4) is 0 Å².